The van der Waals surface area contributed by atoms with E-state index < -0.39 is 0 Å². The lowest BCUT2D eigenvalue weighted by molar-refractivity contribution is 0.411. The van der Waals surface area contributed by atoms with Crippen LogP contribution in [-0.2, 0) is 6.42 Å². The van der Waals surface area contributed by atoms with Crippen LogP contribution in [0.3, 0.4) is 0 Å². The van der Waals surface area contributed by atoms with Crippen LogP contribution in [0.2, 0.25) is 0 Å². The second kappa shape index (κ2) is 4.70. The van der Waals surface area contributed by atoms with E-state index >= 15 is 0 Å². The number of rotatable bonds is 3. The Balaban J connectivity index is 2.89. The van der Waals surface area contributed by atoms with Crippen LogP contribution in [0.15, 0.2) is 18.2 Å². The molecule has 0 radical (unpaired) electrons. The molecule has 0 aromatic heterocycles. The molecule has 1 rings (SSSR count). The molecule has 1 aromatic rings. The number of hydrogen-bond acceptors (Lipinski definition) is 1. The van der Waals surface area contributed by atoms with Crippen LogP contribution in [0.1, 0.15) is 11.1 Å². The molecule has 0 aliphatic heterocycles. The van der Waals surface area contributed by atoms with Crippen LogP contribution in [-0.4, -0.2) is 11.5 Å². The van der Waals surface area contributed by atoms with Gasteiger partial charge in [0.05, 0.1) is 7.11 Å². The Bertz CT molecular complexity index is 258. The zero-order valence-corrected chi connectivity index (χ0v) is 9.59. The van der Waals surface area contributed by atoms with Crippen molar-refractivity contribution in [2.24, 2.45) is 0 Å². The molecule has 0 saturated carbocycles. The molecular formula is C10H13IO. The van der Waals surface area contributed by atoms with Crippen molar-refractivity contribution >= 4 is 22.6 Å². The molecule has 0 N–H and O–H groups in total. The van der Waals surface area contributed by atoms with Crippen LogP contribution in [0.4, 0.5) is 0 Å². The summed E-state index contributed by atoms with van der Waals surface area (Å²) in [7, 11) is 1.72. The number of benzene rings is 1. The van der Waals surface area contributed by atoms with Crippen molar-refractivity contribution in [3.8, 4) is 5.75 Å². The lowest BCUT2D eigenvalue weighted by atomic mass is 10.1. The van der Waals surface area contributed by atoms with Gasteiger partial charge >= 0.3 is 0 Å². The number of hydrogen-bond donors (Lipinski definition) is 0. The van der Waals surface area contributed by atoms with Crippen LogP contribution in [0.25, 0.3) is 0 Å². The average Bonchev–Trinajstić information content (AvgIpc) is 2.09. The Hall–Kier alpha value is -0.250. The third kappa shape index (κ3) is 2.37. The quantitative estimate of drug-likeness (QED) is 0.609. The number of alkyl halides is 1. The van der Waals surface area contributed by atoms with Gasteiger partial charge in [-0.2, -0.15) is 0 Å². The highest BCUT2D eigenvalue weighted by Crippen LogP contribution is 2.19. The van der Waals surface area contributed by atoms with Gasteiger partial charge in [0.25, 0.3) is 0 Å². The van der Waals surface area contributed by atoms with Crippen molar-refractivity contribution in [2.45, 2.75) is 13.3 Å². The molecule has 1 aromatic carbocycles. The summed E-state index contributed by atoms with van der Waals surface area (Å²) in [5.41, 5.74) is 2.56. The first-order valence-corrected chi connectivity index (χ1v) is 5.50. The summed E-state index contributed by atoms with van der Waals surface area (Å²) in [6.07, 6.45) is 1.12. The van der Waals surface area contributed by atoms with Crippen molar-refractivity contribution in [3.63, 3.8) is 0 Å². The van der Waals surface area contributed by atoms with Crippen molar-refractivity contribution in [3.05, 3.63) is 29.3 Å². The van der Waals surface area contributed by atoms with E-state index in [1.807, 2.05) is 0 Å². The minimum atomic E-state index is 0.998. The van der Waals surface area contributed by atoms with Gasteiger partial charge in [-0.25, -0.2) is 0 Å². The molecule has 0 aliphatic rings. The molecule has 0 unspecified atom stereocenters. The highest BCUT2D eigenvalue weighted by atomic mass is 127. The third-order valence-corrected chi connectivity index (χ3v) is 2.40. The summed E-state index contributed by atoms with van der Waals surface area (Å²) in [5, 5.41) is 0. The Labute approximate surface area is 87.3 Å². The Kier molecular flexibility index (Phi) is 3.85. The fraction of sp³-hybridized carbons (Fsp3) is 0.400. The van der Waals surface area contributed by atoms with Gasteiger partial charge in [0, 0.05) is 4.43 Å². The fourth-order valence-electron chi connectivity index (χ4n) is 1.13. The molecule has 2 heteroatoms. The largest absolute Gasteiger partial charge is 0.496 e. The van der Waals surface area contributed by atoms with E-state index in [9.17, 15) is 0 Å². The summed E-state index contributed by atoms with van der Waals surface area (Å²) in [6.45, 7) is 2.06. The number of aryl methyl sites for hydroxylation is 2. The van der Waals surface area contributed by atoms with E-state index in [1.54, 1.807) is 7.11 Å². The van der Waals surface area contributed by atoms with E-state index in [0.717, 1.165) is 16.6 Å². The minimum absolute atomic E-state index is 0.998. The van der Waals surface area contributed by atoms with E-state index in [4.69, 9.17) is 4.74 Å². The highest BCUT2D eigenvalue weighted by molar-refractivity contribution is 14.1. The van der Waals surface area contributed by atoms with Gasteiger partial charge in [-0.1, -0.05) is 34.7 Å². The number of ether oxygens (including phenoxy) is 1. The first kappa shape index (κ1) is 9.84. The maximum Gasteiger partial charge on any atom is 0.122 e. The van der Waals surface area contributed by atoms with Crippen LogP contribution in [0.5, 0.6) is 5.75 Å². The first-order chi connectivity index (χ1) is 5.77. The van der Waals surface area contributed by atoms with E-state index in [1.165, 1.54) is 11.1 Å². The molecule has 0 aliphatic carbocycles. The molecule has 1 nitrogen and oxygen atoms in total. The first-order valence-electron chi connectivity index (χ1n) is 3.97. The van der Waals surface area contributed by atoms with Gasteiger partial charge in [0.2, 0.25) is 0 Å². The van der Waals surface area contributed by atoms with Gasteiger partial charge in [-0.3, -0.25) is 0 Å². The van der Waals surface area contributed by atoms with Crippen molar-refractivity contribution in [1.82, 2.24) is 0 Å². The summed E-state index contributed by atoms with van der Waals surface area (Å²) in [5.74, 6) is 0.998. The van der Waals surface area contributed by atoms with Gasteiger partial charge in [-0.15, -0.1) is 0 Å². The summed E-state index contributed by atoms with van der Waals surface area (Å²) >= 11 is 2.38. The second-order valence-electron chi connectivity index (χ2n) is 2.74. The molecule has 0 fully saturated rings. The van der Waals surface area contributed by atoms with E-state index in [-0.39, 0.29) is 0 Å². The highest BCUT2D eigenvalue weighted by Gasteiger charge is 1.98. The Morgan fingerprint density at radius 3 is 2.75 bits per heavy atom. The number of halogens is 1. The topological polar surface area (TPSA) is 9.23 Å². The summed E-state index contributed by atoms with van der Waals surface area (Å²) in [4.78, 5) is 0. The molecule has 66 valence electrons. The van der Waals surface area contributed by atoms with Crippen LogP contribution < -0.4 is 4.74 Å². The molecule has 0 atom stereocenters. The lowest BCUT2D eigenvalue weighted by Gasteiger charge is -2.06. The monoisotopic (exact) mass is 276 g/mol. The summed E-state index contributed by atoms with van der Waals surface area (Å²) in [6, 6.07) is 6.39. The zero-order chi connectivity index (χ0) is 8.97. The van der Waals surface area contributed by atoms with Crippen molar-refractivity contribution in [1.29, 1.82) is 0 Å². The molecular weight excluding hydrogens is 263 g/mol. The normalized spacial score (nSPS) is 9.92. The van der Waals surface area contributed by atoms with E-state index in [0.29, 0.717) is 0 Å². The Morgan fingerprint density at radius 1 is 1.42 bits per heavy atom. The lowest BCUT2D eigenvalue weighted by Crippen LogP contribution is -1.91. The van der Waals surface area contributed by atoms with Gasteiger partial charge < -0.3 is 4.74 Å². The van der Waals surface area contributed by atoms with Gasteiger partial charge in [0.15, 0.2) is 0 Å². The minimum Gasteiger partial charge on any atom is -0.496 e. The molecule has 0 amide bonds. The van der Waals surface area contributed by atoms with Gasteiger partial charge in [-0.05, 0) is 30.5 Å². The number of methoxy groups -OCH3 is 1. The van der Waals surface area contributed by atoms with Gasteiger partial charge in [0.1, 0.15) is 5.75 Å². The SMILES string of the molecule is COc1cc(CCI)ccc1C. The Morgan fingerprint density at radius 2 is 2.17 bits per heavy atom. The van der Waals surface area contributed by atoms with Crippen LogP contribution in [0, 0.1) is 6.92 Å². The maximum atomic E-state index is 5.23. The van der Waals surface area contributed by atoms with Crippen molar-refractivity contribution < 1.29 is 4.74 Å². The molecule has 0 spiro atoms. The van der Waals surface area contributed by atoms with Crippen molar-refractivity contribution in [2.75, 3.05) is 11.5 Å². The fourth-order valence-corrected chi connectivity index (χ4v) is 1.75. The van der Waals surface area contributed by atoms with Crippen LogP contribution >= 0.6 is 22.6 Å². The smallest absolute Gasteiger partial charge is 0.122 e. The second-order valence-corrected chi connectivity index (χ2v) is 3.82. The predicted octanol–water partition coefficient (Wildman–Crippen LogP) is 2.98. The molecule has 12 heavy (non-hydrogen) atoms. The summed E-state index contributed by atoms with van der Waals surface area (Å²) < 4.78 is 6.39. The van der Waals surface area contributed by atoms with E-state index in [2.05, 4.69) is 47.7 Å². The molecule has 0 heterocycles. The zero-order valence-electron chi connectivity index (χ0n) is 7.43. The predicted molar refractivity (Wildman–Crippen MR) is 60.3 cm³/mol. The molecule has 0 saturated heterocycles. The maximum absolute atomic E-state index is 5.23. The third-order valence-electron chi connectivity index (χ3n) is 1.86. The molecule has 0 bridgehead atoms. The average molecular weight is 276 g/mol. The standard InChI is InChI=1S/C10H13IO/c1-8-3-4-9(5-6-11)7-10(8)12-2/h3-4,7H,5-6H2,1-2H3.